The van der Waals surface area contributed by atoms with Crippen molar-refractivity contribution in [3.63, 3.8) is 0 Å². The quantitative estimate of drug-likeness (QED) is 0.339. The van der Waals surface area contributed by atoms with Gasteiger partial charge in [-0.3, -0.25) is 13.9 Å². The summed E-state index contributed by atoms with van der Waals surface area (Å²) >= 11 is 0. The van der Waals surface area contributed by atoms with E-state index in [0.717, 1.165) is 21.9 Å². The number of nitrogens with zero attached hydrogens (tertiary/aromatic N) is 2. The number of amides is 2. The number of nitrogens with one attached hydrogen (secondary N) is 1. The van der Waals surface area contributed by atoms with Gasteiger partial charge in [-0.15, -0.1) is 0 Å². The third-order valence-electron chi connectivity index (χ3n) is 6.93. The Morgan fingerprint density at radius 2 is 1.62 bits per heavy atom. The van der Waals surface area contributed by atoms with E-state index in [1.807, 2.05) is 39.0 Å². The molecule has 3 aromatic rings. The molecule has 0 aromatic heterocycles. The zero-order valence-electron chi connectivity index (χ0n) is 24.0. The van der Waals surface area contributed by atoms with Gasteiger partial charge in [-0.1, -0.05) is 55.0 Å². The maximum absolute atomic E-state index is 14.0. The molecule has 2 atom stereocenters. The average molecular weight is 566 g/mol. The Morgan fingerprint density at radius 1 is 0.950 bits per heavy atom. The predicted molar refractivity (Wildman–Crippen MR) is 158 cm³/mol. The van der Waals surface area contributed by atoms with Gasteiger partial charge in [-0.25, -0.2) is 8.42 Å². The Hall–Kier alpha value is -3.85. The van der Waals surface area contributed by atoms with Gasteiger partial charge in [0.1, 0.15) is 18.3 Å². The van der Waals surface area contributed by atoms with Gasteiger partial charge < -0.3 is 15.0 Å². The second-order valence-electron chi connectivity index (χ2n) is 9.98. The molecule has 8 nitrogen and oxygen atoms in total. The molecule has 0 saturated heterocycles. The molecule has 0 saturated carbocycles. The third-order valence-corrected chi connectivity index (χ3v) is 8.70. The Labute approximate surface area is 238 Å². The summed E-state index contributed by atoms with van der Waals surface area (Å²) in [5.74, 6) is -0.201. The number of para-hydroxylation sites is 1. The van der Waals surface area contributed by atoms with Gasteiger partial charge in [0, 0.05) is 12.6 Å². The lowest BCUT2D eigenvalue weighted by molar-refractivity contribution is -0.139. The summed E-state index contributed by atoms with van der Waals surface area (Å²) in [6.45, 7) is 8.80. The molecule has 0 unspecified atom stereocenters. The number of rotatable bonds is 12. The monoisotopic (exact) mass is 565 g/mol. The fraction of sp³-hybridized carbons (Fsp3) is 0.355. The molecule has 0 fully saturated rings. The van der Waals surface area contributed by atoms with Gasteiger partial charge in [0.05, 0.1) is 17.7 Å². The number of methoxy groups -OCH3 is 1. The molecule has 9 heteroatoms. The van der Waals surface area contributed by atoms with Crippen LogP contribution in [-0.2, 0) is 26.2 Å². The molecule has 0 aliphatic rings. The van der Waals surface area contributed by atoms with Crippen LogP contribution in [-0.4, -0.2) is 50.9 Å². The molecule has 0 spiro atoms. The zero-order chi connectivity index (χ0) is 29.4. The zero-order valence-corrected chi connectivity index (χ0v) is 24.9. The van der Waals surface area contributed by atoms with Crippen LogP contribution in [0.2, 0.25) is 0 Å². The number of sulfonamides is 1. The number of carbonyl (C=O) groups is 2. The molecule has 3 rings (SSSR count). The van der Waals surface area contributed by atoms with E-state index < -0.39 is 28.5 Å². The fourth-order valence-electron chi connectivity index (χ4n) is 4.21. The summed E-state index contributed by atoms with van der Waals surface area (Å²) in [5, 5.41) is 2.94. The van der Waals surface area contributed by atoms with Crippen molar-refractivity contribution < 1.29 is 22.7 Å². The number of ether oxygens (including phenoxy) is 1. The Kier molecular flexibility index (Phi) is 10.3. The Morgan fingerprint density at radius 3 is 2.25 bits per heavy atom. The highest BCUT2D eigenvalue weighted by Gasteiger charge is 2.33. The average Bonchev–Trinajstić information content (AvgIpc) is 2.94. The lowest BCUT2D eigenvalue weighted by Crippen LogP contribution is -2.52. The van der Waals surface area contributed by atoms with Crippen LogP contribution in [0.3, 0.4) is 0 Å². The van der Waals surface area contributed by atoms with Crippen LogP contribution in [0.5, 0.6) is 5.75 Å². The summed E-state index contributed by atoms with van der Waals surface area (Å²) in [4.78, 5) is 28.7. The van der Waals surface area contributed by atoms with E-state index in [-0.39, 0.29) is 23.4 Å². The highest BCUT2D eigenvalue weighted by Crippen LogP contribution is 2.27. The normalized spacial score (nSPS) is 12.8. The number of benzene rings is 3. The highest BCUT2D eigenvalue weighted by atomic mass is 32.2. The van der Waals surface area contributed by atoms with Crippen LogP contribution < -0.4 is 14.4 Å². The number of anilines is 1. The minimum atomic E-state index is -4.11. The van der Waals surface area contributed by atoms with Crippen molar-refractivity contribution in [1.82, 2.24) is 10.2 Å². The lowest BCUT2D eigenvalue weighted by Gasteiger charge is -2.33. The SMILES string of the molecule is CC[C@H](C)NC(=O)[C@H](C)N(Cc1cccc(OC)c1)C(=O)CN(c1ccccc1C)S(=O)(=O)c1ccc(C)cc1. The van der Waals surface area contributed by atoms with Crippen molar-refractivity contribution in [2.45, 2.75) is 64.6 Å². The minimum Gasteiger partial charge on any atom is -0.497 e. The first kappa shape index (κ1) is 30.7. The predicted octanol–water partition coefficient (Wildman–Crippen LogP) is 4.84. The van der Waals surface area contributed by atoms with E-state index in [0.29, 0.717) is 17.0 Å². The first-order valence-electron chi connectivity index (χ1n) is 13.4. The molecule has 1 N–H and O–H groups in total. The molecule has 0 heterocycles. The largest absolute Gasteiger partial charge is 0.497 e. The summed E-state index contributed by atoms with van der Waals surface area (Å²) in [6, 6.07) is 19.9. The highest BCUT2D eigenvalue weighted by molar-refractivity contribution is 7.92. The molecule has 40 heavy (non-hydrogen) atoms. The summed E-state index contributed by atoms with van der Waals surface area (Å²) in [6.07, 6.45) is 0.734. The van der Waals surface area contributed by atoms with Crippen molar-refractivity contribution in [2.75, 3.05) is 18.0 Å². The fourth-order valence-corrected chi connectivity index (χ4v) is 5.69. The molecular weight excluding hydrogens is 526 g/mol. The van der Waals surface area contributed by atoms with E-state index in [4.69, 9.17) is 4.74 Å². The molecule has 0 bridgehead atoms. The number of carbonyl (C=O) groups excluding carboxylic acids is 2. The van der Waals surface area contributed by atoms with Crippen LogP contribution in [0.15, 0.2) is 77.7 Å². The van der Waals surface area contributed by atoms with Crippen LogP contribution in [0, 0.1) is 13.8 Å². The second kappa shape index (κ2) is 13.5. The van der Waals surface area contributed by atoms with Gasteiger partial charge in [-0.05, 0) is 75.6 Å². The van der Waals surface area contributed by atoms with Crippen LogP contribution in [0.4, 0.5) is 5.69 Å². The Bertz CT molecular complexity index is 1420. The van der Waals surface area contributed by atoms with Gasteiger partial charge in [0.25, 0.3) is 10.0 Å². The van der Waals surface area contributed by atoms with Gasteiger partial charge >= 0.3 is 0 Å². The summed E-state index contributed by atoms with van der Waals surface area (Å²) in [5.41, 5.74) is 2.77. The van der Waals surface area contributed by atoms with E-state index in [2.05, 4.69) is 5.32 Å². The second-order valence-corrected chi connectivity index (χ2v) is 11.8. The number of hydrogen-bond acceptors (Lipinski definition) is 5. The van der Waals surface area contributed by atoms with Crippen molar-refractivity contribution in [2.24, 2.45) is 0 Å². The Balaban J connectivity index is 2.04. The van der Waals surface area contributed by atoms with Gasteiger partial charge in [0.2, 0.25) is 11.8 Å². The molecule has 214 valence electrons. The van der Waals surface area contributed by atoms with E-state index in [1.165, 1.54) is 17.0 Å². The summed E-state index contributed by atoms with van der Waals surface area (Å²) < 4.78 is 34.4. The molecule has 3 aromatic carbocycles. The van der Waals surface area contributed by atoms with Crippen LogP contribution in [0.25, 0.3) is 0 Å². The van der Waals surface area contributed by atoms with E-state index in [9.17, 15) is 18.0 Å². The van der Waals surface area contributed by atoms with Crippen molar-refractivity contribution in [3.8, 4) is 5.75 Å². The first-order chi connectivity index (χ1) is 19.0. The van der Waals surface area contributed by atoms with Crippen LogP contribution >= 0.6 is 0 Å². The maximum Gasteiger partial charge on any atom is 0.264 e. The summed E-state index contributed by atoms with van der Waals surface area (Å²) in [7, 11) is -2.55. The molecule has 0 aliphatic carbocycles. The first-order valence-corrected chi connectivity index (χ1v) is 14.8. The van der Waals surface area contributed by atoms with Crippen molar-refractivity contribution in [1.29, 1.82) is 0 Å². The van der Waals surface area contributed by atoms with Gasteiger partial charge in [-0.2, -0.15) is 0 Å². The smallest absolute Gasteiger partial charge is 0.264 e. The van der Waals surface area contributed by atoms with Crippen molar-refractivity contribution in [3.05, 3.63) is 89.5 Å². The standard InChI is InChI=1S/C31H39N3O5S/c1-7-24(4)32-31(36)25(5)33(20-26-12-10-13-27(19-26)39-6)30(35)21-34(29-14-9-8-11-23(29)3)40(37,38)28-17-15-22(2)16-18-28/h8-19,24-25H,7,20-21H2,1-6H3,(H,32,36)/t24-,25-/m0/s1. The van der Waals surface area contributed by atoms with Gasteiger partial charge in [0.15, 0.2) is 0 Å². The molecule has 0 radical (unpaired) electrons. The maximum atomic E-state index is 14.0. The van der Waals surface area contributed by atoms with E-state index in [1.54, 1.807) is 63.4 Å². The number of hydrogen-bond donors (Lipinski definition) is 1. The molecule has 2 amide bonds. The van der Waals surface area contributed by atoms with Crippen molar-refractivity contribution >= 4 is 27.5 Å². The number of aryl methyl sites for hydroxylation is 2. The minimum absolute atomic E-state index is 0.0749. The van der Waals surface area contributed by atoms with Crippen LogP contribution in [0.1, 0.15) is 43.9 Å². The lowest BCUT2D eigenvalue weighted by atomic mass is 10.1. The topological polar surface area (TPSA) is 96.0 Å². The van der Waals surface area contributed by atoms with E-state index >= 15 is 0 Å². The third kappa shape index (κ3) is 7.41. The molecule has 0 aliphatic heterocycles. The molecular formula is C31H39N3O5S.